The maximum atomic E-state index is 13.0. The molecule has 1 heterocycles. The molecular weight excluding hydrogens is 529 g/mol. The molecule has 0 unspecified atom stereocenters. The van der Waals surface area contributed by atoms with Crippen molar-refractivity contribution >= 4 is 63.2 Å². The molecule has 192 valence electrons. The fourth-order valence-corrected chi connectivity index (χ4v) is 5.25. The van der Waals surface area contributed by atoms with Crippen LogP contribution in [0.5, 0.6) is 0 Å². The van der Waals surface area contributed by atoms with Crippen molar-refractivity contribution in [3.8, 4) is 0 Å². The number of hydrogen-bond acceptors (Lipinski definition) is 5. The summed E-state index contributed by atoms with van der Waals surface area (Å²) in [5.41, 5.74) is 1.07. The number of amides is 2. The van der Waals surface area contributed by atoms with Gasteiger partial charge in [0, 0.05) is 17.3 Å². The summed E-state index contributed by atoms with van der Waals surface area (Å²) in [6.07, 6.45) is 0. The van der Waals surface area contributed by atoms with Crippen molar-refractivity contribution in [1.29, 1.82) is 0 Å². The van der Waals surface area contributed by atoms with Crippen LogP contribution in [0.4, 0.5) is 5.69 Å². The molecule has 0 spiro atoms. The first kappa shape index (κ1) is 27.0. The molecule has 0 fully saturated rings. The molecule has 2 N–H and O–H groups in total. The van der Waals surface area contributed by atoms with Gasteiger partial charge < -0.3 is 15.2 Å². The van der Waals surface area contributed by atoms with Gasteiger partial charge in [-0.2, -0.15) is 0 Å². The molecule has 1 aromatic heterocycles. The highest BCUT2D eigenvalue weighted by Crippen LogP contribution is 2.27. The maximum Gasteiger partial charge on any atom is 0.253 e. The largest absolute Gasteiger partial charge is 0.342 e. The Bertz CT molecular complexity index is 1440. The summed E-state index contributed by atoms with van der Waals surface area (Å²) >= 11 is 13.5. The fraction of sp³-hybridized carbons (Fsp3) is 0.259. The molecule has 7 nitrogen and oxygen atoms in total. The van der Waals surface area contributed by atoms with Crippen LogP contribution < -0.4 is 10.6 Å². The van der Waals surface area contributed by atoms with Crippen molar-refractivity contribution in [1.82, 2.24) is 20.1 Å². The van der Waals surface area contributed by atoms with E-state index in [1.165, 1.54) is 17.8 Å². The lowest BCUT2D eigenvalue weighted by Gasteiger charge is -2.22. The van der Waals surface area contributed by atoms with Crippen molar-refractivity contribution in [3.05, 3.63) is 82.1 Å². The summed E-state index contributed by atoms with van der Waals surface area (Å²) in [4.78, 5) is 25.6. The van der Waals surface area contributed by atoms with Gasteiger partial charge in [0.25, 0.3) is 5.91 Å². The van der Waals surface area contributed by atoms with E-state index >= 15 is 0 Å². The minimum Gasteiger partial charge on any atom is -0.342 e. The summed E-state index contributed by atoms with van der Waals surface area (Å²) in [7, 11) is 0. The highest BCUT2D eigenvalue weighted by atomic mass is 35.5. The third-order valence-corrected chi connectivity index (χ3v) is 7.35. The van der Waals surface area contributed by atoms with E-state index in [1.54, 1.807) is 12.1 Å². The first-order valence-corrected chi connectivity index (χ1v) is 13.6. The van der Waals surface area contributed by atoms with Gasteiger partial charge in [-0.15, -0.1) is 10.2 Å². The second-order valence-corrected chi connectivity index (χ2v) is 10.6. The number of halogens is 2. The van der Waals surface area contributed by atoms with Crippen LogP contribution in [0.1, 0.15) is 43.0 Å². The second-order valence-electron chi connectivity index (χ2n) is 8.80. The number of benzene rings is 3. The van der Waals surface area contributed by atoms with Crippen LogP contribution in [-0.4, -0.2) is 32.3 Å². The Labute approximate surface area is 229 Å². The summed E-state index contributed by atoms with van der Waals surface area (Å²) < 4.78 is 1.92. The average Bonchev–Trinajstić information content (AvgIpc) is 3.28. The minimum atomic E-state index is -0.410. The van der Waals surface area contributed by atoms with E-state index in [9.17, 15) is 9.59 Å². The zero-order valence-electron chi connectivity index (χ0n) is 20.7. The van der Waals surface area contributed by atoms with Crippen molar-refractivity contribution in [2.24, 2.45) is 5.92 Å². The Morgan fingerprint density at radius 1 is 1.00 bits per heavy atom. The van der Waals surface area contributed by atoms with E-state index < -0.39 is 6.04 Å². The van der Waals surface area contributed by atoms with Crippen LogP contribution in [0.15, 0.2) is 65.8 Å². The number of hydrogen-bond donors (Lipinski definition) is 2. The first-order valence-electron chi connectivity index (χ1n) is 11.9. The van der Waals surface area contributed by atoms with Crippen molar-refractivity contribution in [3.63, 3.8) is 0 Å². The topological polar surface area (TPSA) is 88.9 Å². The Hall–Kier alpha value is -3.07. The van der Waals surface area contributed by atoms with Crippen LogP contribution in [0.25, 0.3) is 10.8 Å². The van der Waals surface area contributed by atoms with Gasteiger partial charge in [0.1, 0.15) is 0 Å². The quantitative estimate of drug-likeness (QED) is 0.226. The Morgan fingerprint density at radius 3 is 2.46 bits per heavy atom. The molecule has 4 aromatic rings. The number of nitrogens with zero attached hydrogens (tertiary/aromatic N) is 3. The molecule has 0 aliphatic heterocycles. The molecule has 0 bridgehead atoms. The Balaban J connectivity index is 1.45. The number of fused-ring (bicyclic) bond motifs is 1. The monoisotopic (exact) mass is 555 g/mol. The Kier molecular flexibility index (Phi) is 8.74. The summed E-state index contributed by atoms with van der Waals surface area (Å²) in [6.45, 7) is 6.54. The molecule has 0 aliphatic rings. The lowest BCUT2D eigenvalue weighted by molar-refractivity contribution is -0.113. The highest BCUT2D eigenvalue weighted by Gasteiger charge is 2.27. The van der Waals surface area contributed by atoms with Crippen LogP contribution in [0, 0.1) is 5.92 Å². The van der Waals surface area contributed by atoms with Crippen molar-refractivity contribution < 1.29 is 9.59 Å². The Morgan fingerprint density at radius 2 is 1.76 bits per heavy atom. The summed E-state index contributed by atoms with van der Waals surface area (Å²) in [6, 6.07) is 18.2. The number of aromatic nitrogens is 3. The number of nitrogens with one attached hydrogen (secondary N) is 2. The van der Waals surface area contributed by atoms with Gasteiger partial charge in [-0.05, 0) is 53.9 Å². The fourth-order valence-electron chi connectivity index (χ4n) is 3.95. The molecule has 0 radical (unpaired) electrons. The van der Waals surface area contributed by atoms with Crippen molar-refractivity contribution in [2.75, 3.05) is 11.1 Å². The van der Waals surface area contributed by atoms with Crippen LogP contribution in [0.2, 0.25) is 10.0 Å². The van der Waals surface area contributed by atoms with E-state index in [4.69, 9.17) is 23.2 Å². The molecule has 10 heteroatoms. The van der Waals surface area contributed by atoms with Gasteiger partial charge in [-0.25, -0.2) is 0 Å². The minimum absolute atomic E-state index is 0.0265. The molecule has 37 heavy (non-hydrogen) atoms. The smallest absolute Gasteiger partial charge is 0.253 e. The lowest BCUT2D eigenvalue weighted by atomic mass is 10.0. The standard InChI is InChI=1S/C27H27Cl2N5O2S/c1-4-34-25(24(16(2)3)31-26(36)21-12-10-19(28)14-22(21)29)32-33-27(34)37-15-23(35)30-20-11-9-17-7-5-6-8-18(17)13-20/h5-14,16,24H,4,15H2,1-3H3,(H,30,35)(H,31,36)/t24-/m1/s1. The van der Waals surface area contributed by atoms with Crippen molar-refractivity contribution in [2.45, 2.75) is 38.5 Å². The summed E-state index contributed by atoms with van der Waals surface area (Å²) in [5.74, 6) is 0.352. The van der Waals surface area contributed by atoms with E-state index in [2.05, 4.69) is 20.8 Å². The first-order chi connectivity index (χ1) is 17.8. The van der Waals surface area contributed by atoms with Gasteiger partial charge >= 0.3 is 0 Å². The highest BCUT2D eigenvalue weighted by molar-refractivity contribution is 7.99. The van der Waals surface area contributed by atoms with Gasteiger partial charge in [-0.1, -0.05) is 79.1 Å². The molecule has 4 rings (SSSR count). The van der Waals surface area contributed by atoms with Crippen LogP contribution >= 0.6 is 35.0 Å². The van der Waals surface area contributed by atoms with E-state index in [0.717, 1.165) is 16.5 Å². The number of carbonyl (C=O) groups is 2. The lowest BCUT2D eigenvalue weighted by Crippen LogP contribution is -2.34. The van der Waals surface area contributed by atoms with Crippen LogP contribution in [-0.2, 0) is 11.3 Å². The molecular formula is C27H27Cl2N5O2S. The molecule has 3 aromatic carbocycles. The normalized spacial score (nSPS) is 12.1. The molecule has 2 amide bonds. The van der Waals surface area contributed by atoms with E-state index in [1.807, 2.05) is 67.8 Å². The third kappa shape index (κ3) is 6.44. The molecule has 0 saturated carbocycles. The third-order valence-electron chi connectivity index (χ3n) is 5.83. The number of thioether (sulfide) groups is 1. The second kappa shape index (κ2) is 12.0. The number of anilines is 1. The van der Waals surface area contributed by atoms with E-state index in [0.29, 0.717) is 28.1 Å². The predicted molar refractivity (Wildman–Crippen MR) is 151 cm³/mol. The zero-order chi connectivity index (χ0) is 26.5. The molecule has 0 saturated heterocycles. The SMILES string of the molecule is CCn1c(SCC(=O)Nc2ccc3ccccc3c2)nnc1[C@H](NC(=O)c1ccc(Cl)cc1Cl)C(C)C. The van der Waals surface area contributed by atoms with Gasteiger partial charge in [0.2, 0.25) is 5.91 Å². The van der Waals surface area contributed by atoms with Gasteiger partial charge in [0.15, 0.2) is 11.0 Å². The zero-order valence-corrected chi connectivity index (χ0v) is 23.0. The molecule has 0 aliphatic carbocycles. The van der Waals surface area contributed by atoms with Gasteiger partial charge in [0.05, 0.1) is 22.4 Å². The van der Waals surface area contributed by atoms with E-state index in [-0.39, 0.29) is 28.5 Å². The number of rotatable bonds is 9. The predicted octanol–water partition coefficient (Wildman–Crippen LogP) is 6.62. The average molecular weight is 557 g/mol. The molecule has 1 atom stereocenters. The maximum absolute atomic E-state index is 13.0. The number of carbonyl (C=O) groups excluding carboxylic acids is 2. The summed E-state index contributed by atoms with van der Waals surface area (Å²) in [5, 5.41) is 18.2. The van der Waals surface area contributed by atoms with Gasteiger partial charge in [-0.3, -0.25) is 9.59 Å². The van der Waals surface area contributed by atoms with Crippen LogP contribution in [0.3, 0.4) is 0 Å².